The van der Waals surface area contributed by atoms with E-state index in [-0.39, 0.29) is 5.91 Å². The van der Waals surface area contributed by atoms with E-state index in [4.69, 9.17) is 9.47 Å². The van der Waals surface area contributed by atoms with Gasteiger partial charge in [-0.3, -0.25) is 4.79 Å². The Hall–Kier alpha value is -2.08. The molecule has 1 amide bonds. The van der Waals surface area contributed by atoms with E-state index in [2.05, 4.69) is 10.3 Å². The molecule has 0 saturated heterocycles. The first kappa shape index (κ1) is 17.3. The van der Waals surface area contributed by atoms with Crippen LogP contribution >= 0.6 is 11.3 Å². The molecule has 1 N–H and O–H groups in total. The topological polar surface area (TPSA) is 60.5 Å². The highest BCUT2D eigenvalue weighted by Gasteiger charge is 2.07. The van der Waals surface area contributed by atoms with Crippen LogP contribution in [0.2, 0.25) is 0 Å². The maximum atomic E-state index is 11.9. The van der Waals surface area contributed by atoms with E-state index >= 15 is 0 Å². The summed E-state index contributed by atoms with van der Waals surface area (Å²) in [6, 6.07) is 5.72. The van der Waals surface area contributed by atoms with Gasteiger partial charge in [-0.1, -0.05) is 6.07 Å². The van der Waals surface area contributed by atoms with Crippen LogP contribution in [0.15, 0.2) is 23.6 Å². The van der Waals surface area contributed by atoms with Crippen molar-refractivity contribution < 1.29 is 14.3 Å². The van der Waals surface area contributed by atoms with Gasteiger partial charge in [0, 0.05) is 30.5 Å². The molecule has 2 rings (SSSR count). The van der Waals surface area contributed by atoms with Crippen LogP contribution in [0.25, 0.3) is 0 Å². The van der Waals surface area contributed by atoms with Crippen LogP contribution in [-0.2, 0) is 17.6 Å². The minimum atomic E-state index is 0.0491. The maximum Gasteiger partial charge on any atom is 0.220 e. The Labute approximate surface area is 140 Å². The van der Waals surface area contributed by atoms with Gasteiger partial charge in [0.25, 0.3) is 0 Å². The second-order valence-corrected chi connectivity index (χ2v) is 6.11. The summed E-state index contributed by atoms with van der Waals surface area (Å²) in [5, 5.41) is 6.01. The zero-order chi connectivity index (χ0) is 16.7. The third-order valence-corrected chi connectivity index (χ3v) is 4.44. The van der Waals surface area contributed by atoms with Crippen molar-refractivity contribution in [3.63, 3.8) is 0 Å². The van der Waals surface area contributed by atoms with Crippen molar-refractivity contribution in [1.82, 2.24) is 10.3 Å². The third kappa shape index (κ3) is 5.25. The van der Waals surface area contributed by atoms with Gasteiger partial charge in [-0.25, -0.2) is 4.98 Å². The number of nitrogens with one attached hydrogen (secondary N) is 1. The first-order chi connectivity index (χ1) is 11.1. The first-order valence-electron chi connectivity index (χ1n) is 7.51. The highest BCUT2D eigenvalue weighted by molar-refractivity contribution is 7.09. The van der Waals surface area contributed by atoms with Crippen LogP contribution in [0, 0.1) is 6.92 Å². The summed E-state index contributed by atoms with van der Waals surface area (Å²) >= 11 is 1.63. The van der Waals surface area contributed by atoms with Gasteiger partial charge >= 0.3 is 0 Å². The van der Waals surface area contributed by atoms with E-state index < -0.39 is 0 Å². The Morgan fingerprint density at radius 2 is 2.00 bits per heavy atom. The molecular weight excluding hydrogens is 312 g/mol. The average Bonchev–Trinajstić information content (AvgIpc) is 2.98. The minimum Gasteiger partial charge on any atom is -0.493 e. The van der Waals surface area contributed by atoms with E-state index in [1.807, 2.05) is 30.5 Å². The van der Waals surface area contributed by atoms with Gasteiger partial charge < -0.3 is 14.8 Å². The molecule has 0 aliphatic carbocycles. The van der Waals surface area contributed by atoms with Crippen molar-refractivity contribution in [2.45, 2.75) is 26.2 Å². The number of thiazole rings is 1. The van der Waals surface area contributed by atoms with Gasteiger partial charge in [0.2, 0.25) is 5.91 Å². The molecule has 2 aromatic rings. The number of aromatic nitrogens is 1. The summed E-state index contributed by atoms with van der Waals surface area (Å²) in [5.74, 6) is 1.43. The molecule has 0 atom stereocenters. The quantitative estimate of drug-likeness (QED) is 0.806. The van der Waals surface area contributed by atoms with Gasteiger partial charge in [-0.15, -0.1) is 11.3 Å². The van der Waals surface area contributed by atoms with Crippen molar-refractivity contribution in [2.24, 2.45) is 0 Å². The van der Waals surface area contributed by atoms with Gasteiger partial charge in [-0.2, -0.15) is 0 Å². The second kappa shape index (κ2) is 8.53. The van der Waals surface area contributed by atoms with Crippen LogP contribution in [0.4, 0.5) is 0 Å². The normalized spacial score (nSPS) is 10.4. The average molecular weight is 334 g/mol. The molecule has 0 unspecified atom stereocenters. The molecule has 1 aromatic carbocycles. The molecule has 0 aliphatic heterocycles. The number of nitrogens with zero attached hydrogens (tertiary/aromatic N) is 1. The van der Waals surface area contributed by atoms with Crippen molar-refractivity contribution in [1.29, 1.82) is 0 Å². The Kier molecular flexibility index (Phi) is 6.40. The number of rotatable bonds is 8. The molecule has 1 aromatic heterocycles. The molecule has 1 heterocycles. The fourth-order valence-electron chi connectivity index (χ4n) is 2.21. The van der Waals surface area contributed by atoms with E-state index in [9.17, 15) is 4.79 Å². The highest BCUT2D eigenvalue weighted by atomic mass is 32.1. The highest BCUT2D eigenvalue weighted by Crippen LogP contribution is 2.27. The fourth-order valence-corrected chi connectivity index (χ4v) is 2.98. The van der Waals surface area contributed by atoms with Crippen LogP contribution in [0.1, 0.15) is 22.7 Å². The maximum absolute atomic E-state index is 11.9. The molecule has 0 spiro atoms. The molecule has 0 fully saturated rings. The molecule has 0 saturated carbocycles. The summed E-state index contributed by atoms with van der Waals surface area (Å²) in [7, 11) is 3.21. The summed E-state index contributed by atoms with van der Waals surface area (Å²) in [6.07, 6.45) is 1.90. The Morgan fingerprint density at radius 3 is 2.65 bits per heavy atom. The van der Waals surface area contributed by atoms with Gasteiger partial charge in [-0.05, 0) is 31.0 Å². The van der Waals surface area contributed by atoms with E-state index in [1.165, 1.54) is 0 Å². The molecular formula is C17H22N2O3S. The number of hydrogen-bond acceptors (Lipinski definition) is 5. The van der Waals surface area contributed by atoms with E-state index in [1.54, 1.807) is 25.6 Å². The van der Waals surface area contributed by atoms with Crippen molar-refractivity contribution in [2.75, 3.05) is 20.8 Å². The Balaban J connectivity index is 1.75. The monoisotopic (exact) mass is 334 g/mol. The lowest BCUT2D eigenvalue weighted by atomic mass is 10.1. The summed E-state index contributed by atoms with van der Waals surface area (Å²) < 4.78 is 10.5. The predicted molar refractivity (Wildman–Crippen MR) is 91.4 cm³/mol. The third-order valence-electron chi connectivity index (χ3n) is 3.42. The zero-order valence-corrected chi connectivity index (χ0v) is 14.5. The largest absolute Gasteiger partial charge is 0.493 e. The van der Waals surface area contributed by atoms with Crippen molar-refractivity contribution in [3.8, 4) is 11.5 Å². The minimum absolute atomic E-state index is 0.0491. The summed E-state index contributed by atoms with van der Waals surface area (Å²) in [5.41, 5.74) is 2.08. The smallest absolute Gasteiger partial charge is 0.220 e. The van der Waals surface area contributed by atoms with Gasteiger partial charge in [0.15, 0.2) is 11.5 Å². The van der Waals surface area contributed by atoms with Crippen LogP contribution in [0.5, 0.6) is 11.5 Å². The first-order valence-corrected chi connectivity index (χ1v) is 8.39. The number of methoxy groups -OCH3 is 2. The van der Waals surface area contributed by atoms with E-state index in [0.29, 0.717) is 30.9 Å². The lowest BCUT2D eigenvalue weighted by Gasteiger charge is -2.09. The molecule has 0 radical (unpaired) electrons. The molecule has 5 nitrogen and oxygen atoms in total. The molecule has 23 heavy (non-hydrogen) atoms. The Bertz CT molecular complexity index is 655. The van der Waals surface area contributed by atoms with Gasteiger partial charge in [0.05, 0.1) is 19.2 Å². The number of carbonyl (C=O) groups excluding carboxylic acids is 1. The van der Waals surface area contributed by atoms with E-state index in [0.717, 1.165) is 22.7 Å². The fraction of sp³-hybridized carbons (Fsp3) is 0.412. The summed E-state index contributed by atoms with van der Waals surface area (Å²) in [4.78, 5) is 16.3. The van der Waals surface area contributed by atoms with Crippen molar-refractivity contribution >= 4 is 17.2 Å². The van der Waals surface area contributed by atoms with Gasteiger partial charge in [0.1, 0.15) is 0 Å². The SMILES string of the molecule is COc1ccc(CCC(=O)NCCc2nc(C)cs2)cc1OC. The number of ether oxygens (including phenoxy) is 2. The second-order valence-electron chi connectivity index (χ2n) is 5.17. The molecule has 0 bridgehead atoms. The number of aryl methyl sites for hydroxylation is 2. The number of hydrogen-bond donors (Lipinski definition) is 1. The molecule has 6 heteroatoms. The summed E-state index contributed by atoms with van der Waals surface area (Å²) in [6.45, 7) is 2.60. The molecule has 124 valence electrons. The van der Waals surface area contributed by atoms with Crippen LogP contribution in [-0.4, -0.2) is 31.7 Å². The standard InChI is InChI=1S/C17H22N2O3S/c1-12-11-23-17(19-12)8-9-18-16(20)7-5-13-4-6-14(21-2)15(10-13)22-3/h4,6,10-11H,5,7-9H2,1-3H3,(H,18,20). The molecule has 0 aliphatic rings. The Morgan fingerprint density at radius 1 is 1.22 bits per heavy atom. The number of amides is 1. The van der Waals surface area contributed by atoms with Crippen LogP contribution < -0.4 is 14.8 Å². The zero-order valence-electron chi connectivity index (χ0n) is 13.7. The van der Waals surface area contributed by atoms with Crippen molar-refractivity contribution in [3.05, 3.63) is 39.8 Å². The lowest BCUT2D eigenvalue weighted by Crippen LogP contribution is -2.25. The predicted octanol–water partition coefficient (Wildman–Crippen LogP) is 2.76. The van der Waals surface area contributed by atoms with Crippen LogP contribution in [0.3, 0.4) is 0 Å². The number of benzene rings is 1. The number of carbonyl (C=O) groups is 1. The lowest BCUT2D eigenvalue weighted by molar-refractivity contribution is -0.121.